The molecule has 0 spiro atoms. The summed E-state index contributed by atoms with van der Waals surface area (Å²) in [5, 5.41) is 7.93. The summed E-state index contributed by atoms with van der Waals surface area (Å²) in [6, 6.07) is 2.54. The summed E-state index contributed by atoms with van der Waals surface area (Å²) in [5.74, 6) is 1.06. The SMILES string of the molecule is CCNCc1nccn1Cc1ccn(C(C)CC)n1. The van der Waals surface area contributed by atoms with E-state index in [9.17, 15) is 0 Å². The Bertz CT molecular complexity index is 499. The first-order valence-corrected chi connectivity index (χ1v) is 6.99. The van der Waals surface area contributed by atoms with Crippen molar-refractivity contribution in [2.45, 2.75) is 46.3 Å². The third kappa shape index (κ3) is 3.44. The molecule has 2 heterocycles. The van der Waals surface area contributed by atoms with Crippen LogP contribution in [0.3, 0.4) is 0 Å². The van der Waals surface area contributed by atoms with E-state index >= 15 is 0 Å². The fourth-order valence-electron chi connectivity index (χ4n) is 1.96. The molecule has 1 unspecified atom stereocenters. The van der Waals surface area contributed by atoms with E-state index in [0.29, 0.717) is 6.04 Å². The molecule has 0 radical (unpaired) electrons. The van der Waals surface area contributed by atoms with Crippen LogP contribution in [-0.4, -0.2) is 25.9 Å². The first-order valence-electron chi connectivity index (χ1n) is 6.99. The molecule has 5 heteroatoms. The number of rotatable bonds is 7. The summed E-state index contributed by atoms with van der Waals surface area (Å²) in [4.78, 5) is 4.37. The molecule has 104 valence electrons. The van der Waals surface area contributed by atoms with Crippen LogP contribution in [-0.2, 0) is 13.1 Å². The van der Waals surface area contributed by atoms with Crippen molar-refractivity contribution in [2.75, 3.05) is 6.54 Å². The number of hydrogen-bond donors (Lipinski definition) is 1. The van der Waals surface area contributed by atoms with Crippen molar-refractivity contribution in [3.8, 4) is 0 Å². The van der Waals surface area contributed by atoms with Gasteiger partial charge >= 0.3 is 0 Å². The number of hydrogen-bond acceptors (Lipinski definition) is 3. The van der Waals surface area contributed by atoms with Crippen LogP contribution in [0.15, 0.2) is 24.7 Å². The predicted molar refractivity (Wildman–Crippen MR) is 75.9 cm³/mol. The van der Waals surface area contributed by atoms with Crippen molar-refractivity contribution >= 4 is 0 Å². The van der Waals surface area contributed by atoms with Gasteiger partial charge in [-0.1, -0.05) is 13.8 Å². The van der Waals surface area contributed by atoms with Crippen LogP contribution in [0.2, 0.25) is 0 Å². The summed E-state index contributed by atoms with van der Waals surface area (Å²) >= 11 is 0. The Kier molecular flexibility index (Phi) is 4.74. The van der Waals surface area contributed by atoms with E-state index in [4.69, 9.17) is 0 Å². The van der Waals surface area contributed by atoms with E-state index < -0.39 is 0 Å². The molecule has 1 atom stereocenters. The minimum absolute atomic E-state index is 0.456. The van der Waals surface area contributed by atoms with Crippen LogP contribution < -0.4 is 5.32 Å². The molecule has 5 nitrogen and oxygen atoms in total. The highest BCUT2D eigenvalue weighted by Crippen LogP contribution is 2.10. The van der Waals surface area contributed by atoms with E-state index in [-0.39, 0.29) is 0 Å². The van der Waals surface area contributed by atoms with Gasteiger partial charge < -0.3 is 9.88 Å². The first kappa shape index (κ1) is 13.8. The van der Waals surface area contributed by atoms with Crippen molar-refractivity contribution in [3.63, 3.8) is 0 Å². The molecular weight excluding hydrogens is 238 g/mol. The smallest absolute Gasteiger partial charge is 0.123 e. The Labute approximate surface area is 114 Å². The largest absolute Gasteiger partial charge is 0.328 e. The van der Waals surface area contributed by atoms with Crippen molar-refractivity contribution in [1.82, 2.24) is 24.6 Å². The Morgan fingerprint density at radius 2 is 2.16 bits per heavy atom. The van der Waals surface area contributed by atoms with Crippen LogP contribution >= 0.6 is 0 Å². The van der Waals surface area contributed by atoms with Crippen molar-refractivity contribution in [2.24, 2.45) is 0 Å². The van der Waals surface area contributed by atoms with Crippen molar-refractivity contribution < 1.29 is 0 Å². The number of imidazole rings is 1. The third-order valence-electron chi connectivity index (χ3n) is 3.37. The van der Waals surface area contributed by atoms with E-state index in [0.717, 1.165) is 37.6 Å². The molecule has 19 heavy (non-hydrogen) atoms. The third-order valence-corrected chi connectivity index (χ3v) is 3.37. The Balaban J connectivity index is 2.04. The molecule has 0 amide bonds. The maximum absolute atomic E-state index is 4.62. The topological polar surface area (TPSA) is 47.7 Å². The molecule has 0 aliphatic heterocycles. The average molecular weight is 261 g/mol. The lowest BCUT2D eigenvalue weighted by Crippen LogP contribution is -2.16. The minimum Gasteiger partial charge on any atom is -0.328 e. The Morgan fingerprint density at radius 3 is 2.89 bits per heavy atom. The standard InChI is InChI=1S/C14H23N5/c1-4-12(3)19-8-6-13(17-19)11-18-9-7-16-14(18)10-15-5-2/h6-9,12,15H,4-5,10-11H2,1-3H3. The molecule has 2 aromatic rings. The van der Waals surface area contributed by atoms with Crippen LogP contribution in [0.25, 0.3) is 0 Å². The zero-order valence-corrected chi connectivity index (χ0v) is 12.0. The highest BCUT2D eigenvalue weighted by Gasteiger charge is 2.07. The first-order chi connectivity index (χ1) is 9.24. The molecule has 0 aliphatic rings. The lowest BCUT2D eigenvalue weighted by Gasteiger charge is -2.09. The van der Waals surface area contributed by atoms with Crippen LogP contribution in [0.1, 0.15) is 44.8 Å². The molecule has 0 bridgehead atoms. The van der Waals surface area contributed by atoms with Gasteiger partial charge in [-0.25, -0.2) is 4.98 Å². The van der Waals surface area contributed by atoms with Gasteiger partial charge in [0, 0.05) is 24.6 Å². The van der Waals surface area contributed by atoms with Gasteiger partial charge in [-0.2, -0.15) is 5.10 Å². The second-order valence-corrected chi connectivity index (χ2v) is 4.80. The molecule has 0 aliphatic carbocycles. The molecule has 0 fully saturated rings. The summed E-state index contributed by atoms with van der Waals surface area (Å²) in [6.07, 6.45) is 7.01. The highest BCUT2D eigenvalue weighted by atomic mass is 15.3. The van der Waals surface area contributed by atoms with Gasteiger partial charge in [0.1, 0.15) is 5.82 Å². The van der Waals surface area contributed by atoms with Gasteiger partial charge in [-0.15, -0.1) is 0 Å². The highest BCUT2D eigenvalue weighted by molar-refractivity contribution is 5.04. The van der Waals surface area contributed by atoms with Gasteiger partial charge in [-0.3, -0.25) is 4.68 Å². The van der Waals surface area contributed by atoms with E-state index in [1.54, 1.807) is 0 Å². The monoisotopic (exact) mass is 261 g/mol. The Morgan fingerprint density at radius 1 is 1.32 bits per heavy atom. The van der Waals surface area contributed by atoms with Gasteiger partial charge in [-0.05, 0) is 26.0 Å². The zero-order chi connectivity index (χ0) is 13.7. The van der Waals surface area contributed by atoms with E-state index in [1.807, 2.05) is 17.1 Å². The van der Waals surface area contributed by atoms with E-state index in [1.165, 1.54) is 0 Å². The van der Waals surface area contributed by atoms with Crippen LogP contribution in [0.4, 0.5) is 0 Å². The minimum atomic E-state index is 0.456. The van der Waals surface area contributed by atoms with Gasteiger partial charge in [0.05, 0.1) is 18.8 Å². The normalized spacial score (nSPS) is 12.8. The fraction of sp³-hybridized carbons (Fsp3) is 0.571. The molecule has 0 saturated heterocycles. The molecule has 0 saturated carbocycles. The van der Waals surface area contributed by atoms with Gasteiger partial charge in [0.15, 0.2) is 0 Å². The lowest BCUT2D eigenvalue weighted by atomic mass is 10.3. The fourth-order valence-corrected chi connectivity index (χ4v) is 1.96. The molecule has 1 N–H and O–H groups in total. The van der Waals surface area contributed by atoms with Gasteiger partial charge in [0.2, 0.25) is 0 Å². The maximum atomic E-state index is 4.62. The van der Waals surface area contributed by atoms with Crippen LogP contribution in [0.5, 0.6) is 0 Å². The van der Waals surface area contributed by atoms with Crippen LogP contribution in [0, 0.1) is 0 Å². The van der Waals surface area contributed by atoms with Crippen molar-refractivity contribution in [3.05, 3.63) is 36.2 Å². The van der Waals surface area contributed by atoms with E-state index in [2.05, 4.69) is 53.0 Å². The zero-order valence-electron chi connectivity index (χ0n) is 12.0. The average Bonchev–Trinajstić information content (AvgIpc) is 3.05. The van der Waals surface area contributed by atoms with Crippen molar-refractivity contribution in [1.29, 1.82) is 0 Å². The number of nitrogens with one attached hydrogen (secondary N) is 1. The summed E-state index contributed by atoms with van der Waals surface area (Å²) in [6.45, 7) is 9.00. The maximum Gasteiger partial charge on any atom is 0.123 e. The molecule has 2 rings (SSSR count). The number of aromatic nitrogens is 4. The summed E-state index contributed by atoms with van der Waals surface area (Å²) < 4.78 is 4.18. The molecular formula is C14H23N5. The molecule has 0 aromatic carbocycles. The van der Waals surface area contributed by atoms with Gasteiger partial charge in [0.25, 0.3) is 0 Å². The summed E-state index contributed by atoms with van der Waals surface area (Å²) in [7, 11) is 0. The number of nitrogens with zero attached hydrogens (tertiary/aromatic N) is 4. The quantitative estimate of drug-likeness (QED) is 0.831. The lowest BCUT2D eigenvalue weighted by molar-refractivity contribution is 0.471. The second kappa shape index (κ2) is 6.52. The predicted octanol–water partition coefficient (Wildman–Crippen LogP) is 2.21. The summed E-state index contributed by atoms with van der Waals surface area (Å²) in [5.41, 5.74) is 1.08. The Hall–Kier alpha value is -1.62. The second-order valence-electron chi connectivity index (χ2n) is 4.80. The molecule has 2 aromatic heterocycles.